The number of aliphatic imine (C=N–C) groups is 2. The monoisotopic (exact) mass is 272 g/mol. The normalized spacial score (nSPS) is 21.1. The van der Waals surface area contributed by atoms with Crippen molar-refractivity contribution in [3.63, 3.8) is 0 Å². The van der Waals surface area contributed by atoms with Crippen molar-refractivity contribution in [3.8, 4) is 0 Å². The fraction of sp³-hybridized carbons (Fsp3) is 0.231. The summed E-state index contributed by atoms with van der Waals surface area (Å²) < 4.78 is 1.93. The number of hydrogen-bond acceptors (Lipinski definition) is 4. The molecule has 0 saturated heterocycles. The van der Waals surface area contributed by atoms with Crippen molar-refractivity contribution in [1.82, 2.24) is 9.55 Å². The summed E-state index contributed by atoms with van der Waals surface area (Å²) in [4.78, 5) is 24.6. The number of thioether (sulfide) groups is 1. The van der Waals surface area contributed by atoms with Crippen LogP contribution in [-0.4, -0.2) is 32.8 Å². The third kappa shape index (κ3) is 2.44. The van der Waals surface area contributed by atoms with Gasteiger partial charge in [0.2, 0.25) is 0 Å². The summed E-state index contributed by atoms with van der Waals surface area (Å²) >= 11 is 1.52. The first-order chi connectivity index (χ1) is 9.24. The molecule has 1 aromatic heterocycles. The van der Waals surface area contributed by atoms with E-state index >= 15 is 0 Å². The van der Waals surface area contributed by atoms with E-state index in [2.05, 4.69) is 15.0 Å². The number of amidine groups is 1. The van der Waals surface area contributed by atoms with Gasteiger partial charge in [0.25, 0.3) is 5.91 Å². The number of nitrogens with zero attached hydrogens (tertiary/aromatic N) is 4. The lowest BCUT2D eigenvalue weighted by atomic mass is 9.97. The maximum absolute atomic E-state index is 11.9. The molecule has 0 saturated carbocycles. The third-order valence-corrected chi connectivity index (χ3v) is 3.93. The number of allylic oxidation sites excluding steroid dienone is 3. The van der Waals surface area contributed by atoms with Gasteiger partial charge in [0.1, 0.15) is 11.8 Å². The summed E-state index contributed by atoms with van der Waals surface area (Å²) in [7, 11) is 1.93. The first kappa shape index (κ1) is 12.1. The second-order valence-electron chi connectivity index (χ2n) is 4.23. The minimum atomic E-state index is -0.299. The summed E-state index contributed by atoms with van der Waals surface area (Å²) in [6.45, 7) is 0. The molecular weight excluding hydrogens is 260 g/mol. The van der Waals surface area contributed by atoms with E-state index < -0.39 is 0 Å². The zero-order valence-corrected chi connectivity index (χ0v) is 11.2. The Morgan fingerprint density at radius 3 is 3.05 bits per heavy atom. The Bertz CT molecular complexity index is 639. The van der Waals surface area contributed by atoms with Crippen LogP contribution in [0.4, 0.5) is 0 Å². The number of hydrogen-bond donors (Lipinski definition) is 0. The molecule has 1 aliphatic heterocycles. The smallest absolute Gasteiger partial charge is 0.260 e. The second kappa shape index (κ2) is 4.97. The lowest BCUT2D eigenvalue weighted by molar-refractivity contribution is -0.118. The van der Waals surface area contributed by atoms with Gasteiger partial charge < -0.3 is 4.57 Å². The fourth-order valence-corrected chi connectivity index (χ4v) is 2.69. The van der Waals surface area contributed by atoms with Crippen LogP contribution in [0.2, 0.25) is 0 Å². The van der Waals surface area contributed by atoms with Gasteiger partial charge in [-0.25, -0.2) is 9.98 Å². The van der Waals surface area contributed by atoms with E-state index in [0.717, 1.165) is 10.9 Å². The van der Waals surface area contributed by atoms with Gasteiger partial charge in [-0.3, -0.25) is 4.79 Å². The highest BCUT2D eigenvalue weighted by Crippen LogP contribution is 2.20. The highest BCUT2D eigenvalue weighted by atomic mass is 32.2. The Hall–Kier alpha value is -1.95. The third-order valence-electron chi connectivity index (χ3n) is 2.87. The lowest BCUT2D eigenvalue weighted by Crippen LogP contribution is -2.27. The fourth-order valence-electron chi connectivity index (χ4n) is 1.90. The molecule has 2 aliphatic rings. The maximum atomic E-state index is 11.9. The summed E-state index contributed by atoms with van der Waals surface area (Å²) in [5, 5.41) is 0.886. The molecule has 1 aromatic rings. The highest BCUT2D eigenvalue weighted by Gasteiger charge is 2.26. The summed E-state index contributed by atoms with van der Waals surface area (Å²) in [5.74, 6) is 0.668. The highest BCUT2D eigenvalue weighted by molar-refractivity contribution is 7.99. The molecule has 1 aliphatic carbocycles. The Kier molecular flexibility index (Phi) is 3.16. The largest absolute Gasteiger partial charge is 0.329 e. The van der Waals surface area contributed by atoms with Crippen LogP contribution in [0, 0.1) is 5.92 Å². The minimum absolute atomic E-state index is 0.138. The molecule has 96 valence electrons. The molecule has 1 atom stereocenters. The Morgan fingerprint density at radius 2 is 2.26 bits per heavy atom. The van der Waals surface area contributed by atoms with Crippen LogP contribution in [0.15, 0.2) is 51.8 Å². The van der Waals surface area contributed by atoms with E-state index in [9.17, 15) is 4.79 Å². The van der Waals surface area contributed by atoms with Crippen LogP contribution in [0.1, 0.15) is 0 Å². The van der Waals surface area contributed by atoms with Gasteiger partial charge in [-0.05, 0) is 6.08 Å². The average molecular weight is 272 g/mol. The zero-order chi connectivity index (χ0) is 13.2. The van der Waals surface area contributed by atoms with Crippen molar-refractivity contribution in [1.29, 1.82) is 0 Å². The molecule has 0 aromatic carbocycles. The van der Waals surface area contributed by atoms with Gasteiger partial charge in [0.15, 0.2) is 5.16 Å². The van der Waals surface area contributed by atoms with Crippen LogP contribution in [0.25, 0.3) is 0 Å². The number of fused-ring (bicyclic) bond motifs is 1. The number of carbonyl (C=O) groups is 1. The first-order valence-corrected chi connectivity index (χ1v) is 6.87. The number of carbonyl (C=O) groups excluding carboxylic acids is 1. The van der Waals surface area contributed by atoms with E-state index in [0.29, 0.717) is 11.6 Å². The quantitative estimate of drug-likeness (QED) is 0.786. The number of imidazole rings is 1. The molecule has 5 nitrogen and oxygen atoms in total. The van der Waals surface area contributed by atoms with Crippen LogP contribution in [0.5, 0.6) is 0 Å². The number of aryl methyl sites for hydroxylation is 1. The van der Waals surface area contributed by atoms with E-state index in [1.807, 2.05) is 42.1 Å². The summed E-state index contributed by atoms with van der Waals surface area (Å²) in [5.41, 5.74) is 0.776. The Morgan fingerprint density at radius 1 is 1.37 bits per heavy atom. The van der Waals surface area contributed by atoms with Crippen LogP contribution in [0.3, 0.4) is 0 Å². The SMILES string of the molecule is Cn1ccnc1SCC1=NC(=O)C2C=CC=CC2=N1. The molecule has 0 bridgehead atoms. The van der Waals surface area contributed by atoms with Gasteiger partial charge >= 0.3 is 0 Å². The van der Waals surface area contributed by atoms with E-state index in [1.54, 1.807) is 6.20 Å². The molecule has 2 heterocycles. The molecule has 0 N–H and O–H groups in total. The molecule has 0 radical (unpaired) electrons. The minimum Gasteiger partial charge on any atom is -0.329 e. The van der Waals surface area contributed by atoms with Gasteiger partial charge in [0.05, 0.1) is 11.5 Å². The zero-order valence-electron chi connectivity index (χ0n) is 10.4. The molecule has 3 rings (SSSR count). The van der Waals surface area contributed by atoms with E-state index in [4.69, 9.17) is 0 Å². The van der Waals surface area contributed by atoms with Gasteiger partial charge in [0, 0.05) is 19.4 Å². The van der Waals surface area contributed by atoms with Crippen molar-refractivity contribution in [2.45, 2.75) is 5.16 Å². The number of rotatable bonds is 3. The average Bonchev–Trinajstić information content (AvgIpc) is 2.82. The van der Waals surface area contributed by atoms with Crippen LogP contribution < -0.4 is 0 Å². The van der Waals surface area contributed by atoms with Crippen LogP contribution in [-0.2, 0) is 11.8 Å². The topological polar surface area (TPSA) is 59.6 Å². The van der Waals surface area contributed by atoms with Crippen molar-refractivity contribution >= 4 is 29.2 Å². The summed E-state index contributed by atoms with van der Waals surface area (Å²) in [6.07, 6.45) is 11.1. The Balaban J connectivity index is 1.74. The van der Waals surface area contributed by atoms with Gasteiger partial charge in [-0.2, -0.15) is 4.99 Å². The number of aromatic nitrogens is 2. The molecule has 6 heteroatoms. The second-order valence-corrected chi connectivity index (χ2v) is 5.18. The van der Waals surface area contributed by atoms with Crippen molar-refractivity contribution < 1.29 is 4.79 Å². The standard InChI is InChI=1S/C13H12N4OS/c1-17-7-6-14-13(17)19-8-11-15-10-5-3-2-4-9(10)12(18)16-11/h2-7,9H,8H2,1H3. The van der Waals surface area contributed by atoms with E-state index in [1.165, 1.54) is 11.8 Å². The van der Waals surface area contributed by atoms with E-state index in [-0.39, 0.29) is 11.8 Å². The predicted molar refractivity (Wildman–Crippen MR) is 75.6 cm³/mol. The summed E-state index contributed by atoms with van der Waals surface area (Å²) in [6, 6.07) is 0. The molecule has 1 unspecified atom stereocenters. The molecule has 0 fully saturated rings. The van der Waals surface area contributed by atoms with Crippen molar-refractivity contribution in [2.24, 2.45) is 23.0 Å². The lowest BCUT2D eigenvalue weighted by Gasteiger charge is -2.17. The Labute approximate surface area is 114 Å². The number of amides is 1. The van der Waals surface area contributed by atoms with Gasteiger partial charge in [-0.1, -0.05) is 30.0 Å². The molecule has 0 spiro atoms. The maximum Gasteiger partial charge on any atom is 0.260 e. The molecular formula is C13H12N4OS. The van der Waals surface area contributed by atoms with Crippen LogP contribution >= 0.6 is 11.8 Å². The van der Waals surface area contributed by atoms with Crippen molar-refractivity contribution in [3.05, 3.63) is 36.7 Å². The molecule has 19 heavy (non-hydrogen) atoms. The predicted octanol–water partition coefficient (Wildman–Crippen LogP) is 1.63. The van der Waals surface area contributed by atoms with Gasteiger partial charge in [-0.15, -0.1) is 0 Å². The van der Waals surface area contributed by atoms with Crippen molar-refractivity contribution in [2.75, 3.05) is 5.75 Å². The molecule has 1 amide bonds. The first-order valence-electron chi connectivity index (χ1n) is 5.89.